The minimum atomic E-state index is -3.94. The number of benzene rings is 1. The van der Waals surface area contributed by atoms with Crippen LogP contribution in [-0.2, 0) is 10.0 Å². The first-order valence-corrected chi connectivity index (χ1v) is 7.87. The highest BCUT2D eigenvalue weighted by atomic mass is 32.2. The lowest BCUT2D eigenvalue weighted by Crippen LogP contribution is -2.14. The Morgan fingerprint density at radius 1 is 1.38 bits per heavy atom. The van der Waals surface area contributed by atoms with E-state index in [-0.39, 0.29) is 21.3 Å². The van der Waals surface area contributed by atoms with Gasteiger partial charge < -0.3 is 9.84 Å². The molecular weight excluding hydrogens is 318 g/mol. The Balaban J connectivity index is 2.40. The molecule has 112 valence electrons. The van der Waals surface area contributed by atoms with Crippen molar-refractivity contribution in [1.82, 2.24) is 10.2 Å². The number of methoxy groups -OCH3 is 1. The van der Waals surface area contributed by atoms with Gasteiger partial charge in [0.1, 0.15) is 16.3 Å². The number of rotatable bonds is 5. The van der Waals surface area contributed by atoms with Crippen molar-refractivity contribution in [2.45, 2.75) is 11.8 Å². The van der Waals surface area contributed by atoms with Crippen LogP contribution in [-0.4, -0.2) is 36.8 Å². The molecule has 0 spiro atoms. The van der Waals surface area contributed by atoms with Gasteiger partial charge in [-0.3, -0.25) is 4.72 Å². The SMILES string of the molecule is COc1ccc(S(=O)(=O)Nc2nnc(C)s2)cc1C(=O)O. The van der Waals surface area contributed by atoms with E-state index in [1.807, 2.05) is 0 Å². The zero-order chi connectivity index (χ0) is 15.6. The van der Waals surface area contributed by atoms with Gasteiger partial charge in [-0.1, -0.05) is 11.3 Å². The van der Waals surface area contributed by atoms with Crippen LogP contribution in [0, 0.1) is 6.92 Å². The highest BCUT2D eigenvalue weighted by molar-refractivity contribution is 7.93. The van der Waals surface area contributed by atoms with Crippen LogP contribution >= 0.6 is 11.3 Å². The quantitative estimate of drug-likeness (QED) is 0.850. The van der Waals surface area contributed by atoms with E-state index in [1.165, 1.54) is 19.2 Å². The largest absolute Gasteiger partial charge is 0.496 e. The molecule has 0 atom stereocenters. The second-order valence-corrected chi connectivity index (χ2v) is 6.76. The Morgan fingerprint density at radius 2 is 2.10 bits per heavy atom. The zero-order valence-electron chi connectivity index (χ0n) is 11.0. The fourth-order valence-electron chi connectivity index (χ4n) is 1.53. The Labute approximate surface area is 124 Å². The van der Waals surface area contributed by atoms with Gasteiger partial charge in [0.05, 0.1) is 12.0 Å². The molecule has 0 saturated carbocycles. The number of ether oxygens (including phenoxy) is 1. The minimum Gasteiger partial charge on any atom is -0.496 e. The van der Waals surface area contributed by atoms with Gasteiger partial charge in [0.15, 0.2) is 0 Å². The summed E-state index contributed by atoms with van der Waals surface area (Å²) in [4.78, 5) is 10.9. The molecule has 0 amide bonds. The van der Waals surface area contributed by atoms with Crippen molar-refractivity contribution in [3.8, 4) is 5.75 Å². The van der Waals surface area contributed by atoms with Crippen LogP contribution in [0.4, 0.5) is 5.13 Å². The Kier molecular flexibility index (Phi) is 4.09. The van der Waals surface area contributed by atoms with Gasteiger partial charge in [0.25, 0.3) is 10.0 Å². The monoisotopic (exact) mass is 329 g/mol. The number of hydrogen-bond donors (Lipinski definition) is 2. The van der Waals surface area contributed by atoms with E-state index in [2.05, 4.69) is 14.9 Å². The third kappa shape index (κ3) is 3.28. The number of aryl methyl sites for hydroxylation is 1. The molecule has 0 saturated heterocycles. The molecule has 1 aromatic carbocycles. The number of aromatic nitrogens is 2. The fraction of sp³-hybridized carbons (Fsp3) is 0.182. The van der Waals surface area contributed by atoms with E-state index < -0.39 is 16.0 Å². The van der Waals surface area contributed by atoms with Crippen LogP contribution in [0.2, 0.25) is 0 Å². The normalized spacial score (nSPS) is 11.1. The number of nitrogens with one attached hydrogen (secondary N) is 1. The fourth-order valence-corrected chi connectivity index (χ4v) is 3.38. The van der Waals surface area contributed by atoms with E-state index in [0.717, 1.165) is 17.4 Å². The second-order valence-electron chi connectivity index (χ2n) is 3.90. The number of carboxylic acid groups (broad SMARTS) is 1. The molecule has 0 fully saturated rings. The molecule has 21 heavy (non-hydrogen) atoms. The van der Waals surface area contributed by atoms with E-state index >= 15 is 0 Å². The molecule has 2 rings (SSSR count). The molecule has 8 nitrogen and oxygen atoms in total. The average Bonchev–Trinajstić information content (AvgIpc) is 2.82. The number of nitrogens with zero attached hydrogens (tertiary/aromatic N) is 2. The van der Waals surface area contributed by atoms with Crippen molar-refractivity contribution >= 4 is 32.5 Å². The lowest BCUT2D eigenvalue weighted by atomic mass is 10.2. The van der Waals surface area contributed by atoms with Gasteiger partial charge >= 0.3 is 5.97 Å². The number of hydrogen-bond acceptors (Lipinski definition) is 7. The third-order valence-electron chi connectivity index (χ3n) is 2.46. The van der Waals surface area contributed by atoms with Crippen LogP contribution in [0.15, 0.2) is 23.1 Å². The molecule has 1 heterocycles. The summed E-state index contributed by atoms with van der Waals surface area (Å²) < 4.78 is 31.5. The van der Waals surface area contributed by atoms with E-state index in [9.17, 15) is 13.2 Å². The summed E-state index contributed by atoms with van der Waals surface area (Å²) in [6, 6.07) is 3.56. The predicted octanol–water partition coefficient (Wildman–Crippen LogP) is 1.35. The maximum absolute atomic E-state index is 12.2. The van der Waals surface area contributed by atoms with Crippen LogP contribution in [0.1, 0.15) is 15.4 Å². The Bertz CT molecular complexity index is 785. The van der Waals surface area contributed by atoms with Gasteiger partial charge in [0, 0.05) is 0 Å². The lowest BCUT2D eigenvalue weighted by molar-refractivity contribution is 0.0693. The standard InChI is InChI=1S/C11H11N3O5S2/c1-6-12-13-11(20-6)14-21(17,18)7-3-4-9(19-2)8(5-7)10(15)16/h3-5H,1-2H3,(H,13,14)(H,15,16). The zero-order valence-corrected chi connectivity index (χ0v) is 12.7. The molecule has 2 N–H and O–H groups in total. The van der Waals surface area contributed by atoms with E-state index in [0.29, 0.717) is 5.01 Å². The van der Waals surface area contributed by atoms with Crippen LogP contribution in [0.25, 0.3) is 0 Å². The van der Waals surface area contributed by atoms with Crippen molar-refractivity contribution in [3.05, 3.63) is 28.8 Å². The molecule has 0 unspecified atom stereocenters. The van der Waals surface area contributed by atoms with Gasteiger partial charge in [-0.15, -0.1) is 10.2 Å². The number of carbonyl (C=O) groups is 1. The summed E-state index contributed by atoms with van der Waals surface area (Å²) in [6.45, 7) is 1.69. The van der Waals surface area contributed by atoms with Crippen molar-refractivity contribution < 1.29 is 23.1 Å². The predicted molar refractivity (Wildman–Crippen MR) is 75.4 cm³/mol. The van der Waals surface area contributed by atoms with Crippen molar-refractivity contribution in [1.29, 1.82) is 0 Å². The molecule has 10 heteroatoms. The average molecular weight is 329 g/mol. The van der Waals surface area contributed by atoms with Gasteiger partial charge in [-0.25, -0.2) is 13.2 Å². The maximum atomic E-state index is 12.2. The molecule has 0 aliphatic rings. The lowest BCUT2D eigenvalue weighted by Gasteiger charge is -2.08. The number of sulfonamides is 1. The van der Waals surface area contributed by atoms with Crippen molar-refractivity contribution in [3.63, 3.8) is 0 Å². The molecule has 1 aromatic heterocycles. The summed E-state index contributed by atoms with van der Waals surface area (Å²) in [5.41, 5.74) is -0.242. The van der Waals surface area contributed by atoms with Crippen LogP contribution in [0.5, 0.6) is 5.75 Å². The first-order valence-electron chi connectivity index (χ1n) is 5.58. The number of carboxylic acids is 1. The number of anilines is 1. The first-order chi connectivity index (χ1) is 9.83. The Morgan fingerprint density at radius 3 is 2.62 bits per heavy atom. The van der Waals surface area contributed by atoms with Crippen molar-refractivity contribution in [2.24, 2.45) is 0 Å². The molecule has 0 bridgehead atoms. The van der Waals surface area contributed by atoms with E-state index in [4.69, 9.17) is 9.84 Å². The smallest absolute Gasteiger partial charge is 0.339 e. The number of aromatic carboxylic acids is 1. The Hall–Kier alpha value is -2.20. The summed E-state index contributed by atoms with van der Waals surface area (Å²) in [5, 5.41) is 17.1. The van der Waals surface area contributed by atoms with Gasteiger partial charge in [-0.2, -0.15) is 0 Å². The molecule has 0 aliphatic heterocycles. The first kappa shape index (κ1) is 15.2. The highest BCUT2D eigenvalue weighted by Crippen LogP contribution is 2.24. The summed E-state index contributed by atoms with van der Waals surface area (Å²) in [6.07, 6.45) is 0. The molecule has 2 aromatic rings. The van der Waals surface area contributed by atoms with Crippen molar-refractivity contribution in [2.75, 3.05) is 11.8 Å². The van der Waals surface area contributed by atoms with Gasteiger partial charge in [-0.05, 0) is 25.1 Å². The van der Waals surface area contributed by atoms with Crippen LogP contribution in [0.3, 0.4) is 0 Å². The topological polar surface area (TPSA) is 118 Å². The minimum absolute atomic E-state index is 0.0770. The van der Waals surface area contributed by atoms with Gasteiger partial charge in [0.2, 0.25) is 5.13 Å². The summed E-state index contributed by atoms with van der Waals surface area (Å²) in [7, 11) is -2.64. The van der Waals surface area contributed by atoms with Crippen LogP contribution < -0.4 is 9.46 Å². The maximum Gasteiger partial charge on any atom is 0.339 e. The molecular formula is C11H11N3O5S2. The third-order valence-corrected chi connectivity index (χ3v) is 4.68. The summed E-state index contributed by atoms with van der Waals surface area (Å²) >= 11 is 1.07. The highest BCUT2D eigenvalue weighted by Gasteiger charge is 2.20. The molecule has 0 radical (unpaired) electrons. The second kappa shape index (κ2) is 5.66. The van der Waals surface area contributed by atoms with E-state index in [1.54, 1.807) is 6.92 Å². The molecule has 0 aliphatic carbocycles. The summed E-state index contributed by atoms with van der Waals surface area (Å²) in [5.74, 6) is -1.20.